The van der Waals surface area contributed by atoms with E-state index in [1.165, 1.54) is 0 Å². The molecule has 9 nitrogen and oxygen atoms in total. The fourth-order valence-electron chi connectivity index (χ4n) is 3.19. The smallest absolute Gasteiger partial charge is 0.262 e. The zero-order chi connectivity index (χ0) is 24.0. The molecule has 0 bridgehead atoms. The number of aliphatic hydroxyl groups excluding tert-OH is 1. The summed E-state index contributed by atoms with van der Waals surface area (Å²) in [5.74, 6) is -0.401. The minimum atomic E-state index is -1.98. The van der Waals surface area contributed by atoms with Crippen LogP contribution in [0.1, 0.15) is 47.3 Å². The van der Waals surface area contributed by atoms with Gasteiger partial charge < -0.3 is 18.8 Å². The molecule has 3 heterocycles. The van der Waals surface area contributed by atoms with E-state index in [1.54, 1.807) is 24.6 Å². The van der Waals surface area contributed by atoms with Crippen molar-refractivity contribution < 1.29 is 19.1 Å². The van der Waals surface area contributed by atoms with E-state index in [0.29, 0.717) is 27.6 Å². The van der Waals surface area contributed by atoms with Crippen molar-refractivity contribution in [2.24, 2.45) is 5.92 Å². The summed E-state index contributed by atoms with van der Waals surface area (Å²) in [5.41, 5.74) is 0.0638. The predicted molar refractivity (Wildman–Crippen MR) is 134 cm³/mol. The summed E-state index contributed by atoms with van der Waals surface area (Å²) in [5, 5.41) is 13.8. The second-order valence-corrected chi connectivity index (χ2v) is 16.1. The third kappa shape index (κ3) is 5.11. The van der Waals surface area contributed by atoms with Crippen LogP contribution in [0.4, 0.5) is 5.95 Å². The maximum Gasteiger partial charge on any atom is 0.262 e. The van der Waals surface area contributed by atoms with Crippen LogP contribution in [0.3, 0.4) is 0 Å². The molecule has 32 heavy (non-hydrogen) atoms. The van der Waals surface area contributed by atoms with Gasteiger partial charge in [-0.25, -0.2) is 0 Å². The van der Waals surface area contributed by atoms with Crippen LogP contribution in [0.25, 0.3) is 11.0 Å². The first kappa shape index (κ1) is 25.3. The molecule has 1 fully saturated rings. The minimum Gasteiger partial charge on any atom is -0.414 e. The van der Waals surface area contributed by atoms with Crippen molar-refractivity contribution in [1.29, 1.82) is 0 Å². The van der Waals surface area contributed by atoms with E-state index in [9.17, 15) is 14.7 Å². The zero-order valence-corrected chi connectivity index (χ0v) is 22.8. The van der Waals surface area contributed by atoms with E-state index < -0.39 is 26.8 Å². The Labute approximate surface area is 202 Å². The molecule has 1 amide bonds. The molecule has 0 radical (unpaired) electrons. The topological polar surface area (TPSA) is 118 Å². The van der Waals surface area contributed by atoms with Crippen molar-refractivity contribution in [3.63, 3.8) is 0 Å². The number of amides is 1. The van der Waals surface area contributed by atoms with Gasteiger partial charge in [0.1, 0.15) is 12.3 Å². The highest BCUT2D eigenvalue weighted by Crippen LogP contribution is 2.38. The fourth-order valence-corrected chi connectivity index (χ4v) is 4.99. The first-order chi connectivity index (χ1) is 14.7. The number of fused-ring (bicyclic) bond motifs is 1. The Balaban J connectivity index is 1.85. The highest BCUT2D eigenvalue weighted by Gasteiger charge is 2.41. The van der Waals surface area contributed by atoms with Crippen LogP contribution in [0.15, 0.2) is 11.0 Å². The van der Waals surface area contributed by atoms with Gasteiger partial charge in [-0.1, -0.05) is 34.6 Å². The summed E-state index contributed by atoms with van der Waals surface area (Å²) in [6.45, 7) is 14.7. The number of anilines is 1. The summed E-state index contributed by atoms with van der Waals surface area (Å²) in [6, 6.07) is 0. The third-order valence-corrected chi connectivity index (χ3v) is 11.6. The molecule has 2 aromatic heterocycles. The average molecular weight is 577 g/mol. The number of hydrogen-bond donors (Lipinski definition) is 3. The van der Waals surface area contributed by atoms with Gasteiger partial charge in [-0.2, -0.15) is 4.98 Å². The van der Waals surface area contributed by atoms with Gasteiger partial charge in [0.05, 0.1) is 18.1 Å². The van der Waals surface area contributed by atoms with Crippen LogP contribution in [-0.4, -0.2) is 52.7 Å². The molecule has 1 saturated heterocycles. The molecule has 3 unspecified atom stereocenters. The fraction of sp³-hybridized carbons (Fsp3) is 0.667. The van der Waals surface area contributed by atoms with Crippen LogP contribution in [-0.2, 0) is 14.0 Å². The van der Waals surface area contributed by atoms with E-state index >= 15 is 0 Å². The number of aromatic nitrogens is 3. The number of carbonyl (C=O) groups excluding carboxylic acids is 1. The van der Waals surface area contributed by atoms with Gasteiger partial charge in [0.25, 0.3) is 5.56 Å². The van der Waals surface area contributed by atoms with Crippen molar-refractivity contribution in [2.75, 3.05) is 11.9 Å². The minimum absolute atomic E-state index is 0.0600. The van der Waals surface area contributed by atoms with Gasteiger partial charge in [0.15, 0.2) is 14.0 Å². The van der Waals surface area contributed by atoms with Crippen LogP contribution in [0.2, 0.25) is 18.1 Å². The summed E-state index contributed by atoms with van der Waals surface area (Å²) in [4.78, 5) is 31.8. The summed E-state index contributed by atoms with van der Waals surface area (Å²) >= 11 is 2.08. The van der Waals surface area contributed by atoms with Gasteiger partial charge in [0, 0.05) is 22.1 Å². The molecule has 11 heteroatoms. The first-order valence-corrected chi connectivity index (χ1v) is 14.8. The van der Waals surface area contributed by atoms with Gasteiger partial charge in [-0.15, -0.1) is 0 Å². The maximum atomic E-state index is 12.7. The van der Waals surface area contributed by atoms with Crippen LogP contribution in [0.5, 0.6) is 0 Å². The largest absolute Gasteiger partial charge is 0.414 e. The van der Waals surface area contributed by atoms with Crippen molar-refractivity contribution in [1.82, 2.24) is 14.5 Å². The summed E-state index contributed by atoms with van der Waals surface area (Å²) in [7, 11) is -1.98. The molecule has 3 rings (SSSR count). The van der Waals surface area contributed by atoms with Crippen molar-refractivity contribution >= 4 is 53.8 Å². The summed E-state index contributed by atoms with van der Waals surface area (Å²) < 4.78 is 14.9. The Hall–Kier alpha value is -1.28. The van der Waals surface area contributed by atoms with E-state index in [0.717, 1.165) is 0 Å². The molecular formula is C21H33IN4O5Si. The number of aromatic amines is 1. The molecule has 1 aliphatic heterocycles. The Morgan fingerprint density at radius 1 is 1.47 bits per heavy atom. The van der Waals surface area contributed by atoms with Crippen molar-refractivity contribution in [3.05, 3.63) is 20.1 Å². The SMILES string of the molecule is CC(C)C(=O)Nc1nc2c(c(I)cn2C2CC(O)C(CO[Si](C)(C)C(C)(C)C)O2)c(=O)[nH]1. The Bertz CT molecular complexity index is 1060. The molecule has 3 N–H and O–H groups in total. The molecule has 1 aliphatic rings. The Kier molecular flexibility index (Phi) is 7.26. The van der Waals surface area contributed by atoms with E-state index in [-0.39, 0.29) is 28.4 Å². The normalized spacial score (nSPS) is 22.1. The highest BCUT2D eigenvalue weighted by molar-refractivity contribution is 14.1. The Morgan fingerprint density at radius 2 is 2.12 bits per heavy atom. The van der Waals surface area contributed by atoms with E-state index in [4.69, 9.17) is 9.16 Å². The van der Waals surface area contributed by atoms with Crippen molar-refractivity contribution in [2.45, 2.75) is 77.6 Å². The standard InChI is InChI=1S/C21H33IN4O5Si/c1-11(2)18(28)24-20-23-17-16(19(29)25-20)12(22)9-26(17)15-8-13(27)14(31-15)10-30-32(6,7)21(3,4)5/h9,11,13-15,27H,8,10H2,1-7H3,(H2,23,24,25,28,29). The first-order valence-electron chi connectivity index (χ1n) is 10.8. The lowest BCUT2D eigenvalue weighted by atomic mass is 10.2. The van der Waals surface area contributed by atoms with Gasteiger partial charge in [-0.3, -0.25) is 19.9 Å². The second kappa shape index (κ2) is 9.16. The average Bonchev–Trinajstić information content (AvgIpc) is 3.19. The lowest BCUT2D eigenvalue weighted by molar-refractivity contribution is -0.118. The van der Waals surface area contributed by atoms with Crippen LogP contribution < -0.4 is 10.9 Å². The molecule has 0 saturated carbocycles. The van der Waals surface area contributed by atoms with Crippen molar-refractivity contribution in [3.8, 4) is 0 Å². The number of ether oxygens (including phenoxy) is 1. The number of hydrogen-bond acceptors (Lipinski definition) is 6. The van der Waals surface area contributed by atoms with E-state index in [1.807, 2.05) is 0 Å². The third-order valence-electron chi connectivity index (χ3n) is 6.33. The number of nitrogens with one attached hydrogen (secondary N) is 2. The lowest BCUT2D eigenvalue weighted by Gasteiger charge is -2.37. The quantitative estimate of drug-likeness (QED) is 0.358. The zero-order valence-electron chi connectivity index (χ0n) is 19.7. The number of halogens is 1. The molecular weight excluding hydrogens is 543 g/mol. The second-order valence-electron chi connectivity index (χ2n) is 10.1. The molecule has 0 aromatic carbocycles. The Morgan fingerprint density at radius 3 is 2.72 bits per heavy atom. The number of aliphatic hydroxyl groups is 1. The number of nitrogens with zero attached hydrogens (tertiary/aromatic N) is 2. The monoisotopic (exact) mass is 576 g/mol. The van der Waals surface area contributed by atoms with Gasteiger partial charge in [0.2, 0.25) is 11.9 Å². The van der Waals surface area contributed by atoms with Crippen LogP contribution in [0, 0.1) is 9.49 Å². The molecule has 0 aliphatic carbocycles. The molecule has 0 spiro atoms. The lowest BCUT2D eigenvalue weighted by Crippen LogP contribution is -2.43. The number of carbonyl (C=O) groups is 1. The van der Waals surface area contributed by atoms with E-state index in [2.05, 4.69) is 71.7 Å². The van der Waals surface area contributed by atoms with Crippen LogP contribution >= 0.6 is 22.6 Å². The number of rotatable bonds is 6. The van der Waals surface area contributed by atoms with Gasteiger partial charge in [-0.05, 0) is 40.7 Å². The molecule has 2 aromatic rings. The highest BCUT2D eigenvalue weighted by atomic mass is 127. The molecule has 3 atom stereocenters. The molecule has 178 valence electrons. The van der Waals surface area contributed by atoms with Gasteiger partial charge >= 0.3 is 0 Å². The predicted octanol–water partition coefficient (Wildman–Crippen LogP) is 3.59. The maximum absolute atomic E-state index is 12.7. The summed E-state index contributed by atoms with van der Waals surface area (Å²) in [6.07, 6.45) is 0.490. The number of H-pyrrole nitrogens is 1.